The molecule has 0 aromatic heterocycles. The number of aliphatic hydroxyl groups excluding tert-OH is 2. The number of hydrogen-bond acceptors (Lipinski definition) is 12. The van der Waals surface area contributed by atoms with Crippen molar-refractivity contribution in [1.82, 2.24) is 20.4 Å². The third kappa shape index (κ3) is 9.54. The summed E-state index contributed by atoms with van der Waals surface area (Å²) in [5, 5.41) is 41.0. The number of guanidine groups is 1. The lowest BCUT2D eigenvalue weighted by Crippen LogP contribution is -2.67. The smallest absolute Gasteiger partial charge is 0.302 e. The van der Waals surface area contributed by atoms with Crippen LogP contribution in [0.3, 0.4) is 0 Å². The number of rotatable bonds is 2. The number of phenolic OH excluding ortho intramolecular Hbond substituents is 1. The molecule has 314 valence electrons. The van der Waals surface area contributed by atoms with Gasteiger partial charge in [0.25, 0.3) is 0 Å². The molecule has 3 saturated heterocycles. The summed E-state index contributed by atoms with van der Waals surface area (Å²) >= 11 is 0. The molecular formula is C45H68N6O6. The maximum absolute atomic E-state index is 12.8. The van der Waals surface area contributed by atoms with Crippen molar-refractivity contribution in [2.45, 2.75) is 146 Å². The Morgan fingerprint density at radius 2 is 1.82 bits per heavy atom. The topological polar surface area (TPSA) is 165 Å². The van der Waals surface area contributed by atoms with Gasteiger partial charge < -0.3 is 46.1 Å². The Balaban J connectivity index is 1.19. The molecule has 7 N–H and O–H groups in total. The van der Waals surface area contributed by atoms with E-state index in [9.17, 15) is 20.1 Å². The molecule has 9 atom stereocenters. The first kappa shape index (κ1) is 40.7. The van der Waals surface area contributed by atoms with Crippen molar-refractivity contribution in [3.63, 3.8) is 0 Å². The van der Waals surface area contributed by atoms with Crippen LogP contribution in [0, 0.1) is 40.9 Å². The number of hydrogen-bond donors (Lipinski definition) is 6. The molecule has 9 unspecified atom stereocenters. The van der Waals surface area contributed by atoms with Crippen LogP contribution in [-0.4, -0.2) is 113 Å². The number of benzene rings is 1. The molecule has 12 heteroatoms. The van der Waals surface area contributed by atoms with Gasteiger partial charge in [-0.3, -0.25) is 14.7 Å². The van der Waals surface area contributed by atoms with E-state index in [0.29, 0.717) is 61.3 Å². The van der Waals surface area contributed by atoms with Crippen LogP contribution in [0.2, 0.25) is 0 Å². The number of ether oxygens (including phenoxy) is 2. The first-order valence-corrected chi connectivity index (χ1v) is 22.4. The van der Waals surface area contributed by atoms with Gasteiger partial charge in [-0.2, -0.15) is 0 Å². The van der Waals surface area contributed by atoms with Crippen molar-refractivity contribution >= 4 is 11.9 Å². The van der Waals surface area contributed by atoms with E-state index in [2.05, 4.69) is 32.3 Å². The molecular weight excluding hydrogens is 721 g/mol. The van der Waals surface area contributed by atoms with Crippen LogP contribution in [0.15, 0.2) is 17.1 Å². The number of phenols is 1. The molecule has 6 heterocycles. The van der Waals surface area contributed by atoms with E-state index in [-0.39, 0.29) is 48.0 Å². The molecule has 4 fully saturated rings. The predicted octanol–water partition coefficient (Wildman–Crippen LogP) is 4.03. The van der Waals surface area contributed by atoms with Crippen molar-refractivity contribution in [3.05, 3.63) is 23.3 Å². The van der Waals surface area contributed by atoms with Crippen LogP contribution >= 0.6 is 0 Å². The second-order valence-electron chi connectivity index (χ2n) is 19.0. The highest BCUT2D eigenvalue weighted by Gasteiger charge is 2.46. The SMILES string of the molecule is CC(=O)OC1CC(O)CCC2(C#CC3CCCC4CC(CCN4)Oc4cc(c(CO)cc4O)CC31)CCN1CC3CC(C1)CN(C3)C1(CCCCC1)NC(N)=NC2. The molecule has 9 rings (SSSR count). The van der Waals surface area contributed by atoms with Gasteiger partial charge in [-0.1, -0.05) is 24.7 Å². The number of carbonyl (C=O) groups excluding carboxylic acids is 1. The molecule has 0 radical (unpaired) electrons. The van der Waals surface area contributed by atoms with Gasteiger partial charge in [0, 0.05) is 57.4 Å². The number of aliphatic hydroxyl groups is 2. The summed E-state index contributed by atoms with van der Waals surface area (Å²) in [5.41, 5.74) is 7.69. The van der Waals surface area contributed by atoms with Crippen molar-refractivity contribution in [3.8, 4) is 23.3 Å². The Morgan fingerprint density at radius 3 is 2.60 bits per heavy atom. The van der Waals surface area contributed by atoms with E-state index in [0.717, 1.165) is 96.2 Å². The average molecular weight is 789 g/mol. The van der Waals surface area contributed by atoms with Crippen LogP contribution in [0.5, 0.6) is 11.5 Å². The standard InChI is InChI=1S/C45H68N6O6/c1-30(53)56-41-23-37(54)9-14-44(15-17-50-24-31-18-32(25-50)27-51(26-31)45(11-3-2-4-12-45)49-43(46)48-29-44)13-8-33-6-5-7-36-22-38(10-16-47-36)57-42-21-34(19-39(33)41)35(28-52)20-40(42)55/h20-21,31-33,36-39,41,47,52,54-55H,2-7,9-12,14-19,22-29H2,1H3,(H3,46,48,49). The lowest BCUT2D eigenvalue weighted by Gasteiger charge is -2.54. The largest absolute Gasteiger partial charge is 0.504 e. The molecule has 1 saturated carbocycles. The number of piperidine rings is 3. The summed E-state index contributed by atoms with van der Waals surface area (Å²) in [6.07, 6.45) is 12.9. The van der Waals surface area contributed by atoms with Gasteiger partial charge in [-0.05, 0) is 132 Å². The normalized spacial score (nSPS) is 38.3. The molecule has 0 amide bonds. The first-order valence-electron chi connectivity index (χ1n) is 22.4. The van der Waals surface area contributed by atoms with Crippen LogP contribution in [0.1, 0.15) is 114 Å². The van der Waals surface area contributed by atoms with E-state index in [1.165, 1.54) is 32.6 Å². The second kappa shape index (κ2) is 17.6. The zero-order valence-electron chi connectivity index (χ0n) is 34.2. The van der Waals surface area contributed by atoms with Gasteiger partial charge in [-0.25, -0.2) is 0 Å². The highest BCUT2D eigenvalue weighted by atomic mass is 16.5. The Labute approximate surface area is 339 Å². The van der Waals surface area contributed by atoms with Crippen molar-refractivity contribution in [1.29, 1.82) is 0 Å². The lowest BCUT2D eigenvalue weighted by molar-refractivity contribution is -0.152. The number of fused-ring (bicyclic) bond motifs is 8. The molecule has 1 aromatic rings. The minimum Gasteiger partial charge on any atom is -0.504 e. The Morgan fingerprint density at radius 1 is 1.02 bits per heavy atom. The lowest BCUT2D eigenvalue weighted by atomic mass is 9.73. The molecule has 2 aliphatic carbocycles. The molecule has 8 aliphatic rings. The monoisotopic (exact) mass is 789 g/mol. The minimum absolute atomic E-state index is 0.0142. The molecule has 12 nitrogen and oxygen atoms in total. The fourth-order valence-corrected chi connectivity index (χ4v) is 11.8. The Hall–Kier alpha value is -3.08. The average Bonchev–Trinajstić information content (AvgIpc) is 3.20. The number of nitrogens with zero attached hydrogens (tertiary/aromatic N) is 3. The molecule has 6 aliphatic heterocycles. The summed E-state index contributed by atoms with van der Waals surface area (Å²) in [4.78, 5) is 23.3. The number of carbonyl (C=O) groups is 1. The van der Waals surface area contributed by atoms with E-state index >= 15 is 0 Å². The van der Waals surface area contributed by atoms with E-state index in [1.807, 2.05) is 6.07 Å². The van der Waals surface area contributed by atoms with Crippen LogP contribution in [-0.2, 0) is 22.6 Å². The maximum atomic E-state index is 12.8. The summed E-state index contributed by atoms with van der Waals surface area (Å²) < 4.78 is 12.6. The van der Waals surface area contributed by atoms with Gasteiger partial charge in [0.1, 0.15) is 12.2 Å². The van der Waals surface area contributed by atoms with Crippen molar-refractivity contribution in [2.75, 3.05) is 45.8 Å². The van der Waals surface area contributed by atoms with Gasteiger partial charge in [0.05, 0.1) is 30.3 Å². The van der Waals surface area contributed by atoms with E-state index < -0.39 is 17.6 Å². The highest BCUT2D eigenvalue weighted by Crippen LogP contribution is 2.42. The fraction of sp³-hybridized carbons (Fsp3) is 0.778. The summed E-state index contributed by atoms with van der Waals surface area (Å²) in [5.74, 6) is 9.14. The fourth-order valence-electron chi connectivity index (χ4n) is 11.8. The zero-order valence-corrected chi connectivity index (χ0v) is 34.2. The number of aliphatic imine (C=N–C) groups is 1. The summed E-state index contributed by atoms with van der Waals surface area (Å²) in [7, 11) is 0. The first-order chi connectivity index (χ1) is 27.6. The van der Waals surface area contributed by atoms with Crippen LogP contribution < -0.4 is 21.1 Å². The predicted molar refractivity (Wildman–Crippen MR) is 219 cm³/mol. The minimum atomic E-state index is -0.718. The quantitative estimate of drug-likeness (QED) is 0.190. The third-order valence-corrected chi connectivity index (χ3v) is 14.8. The maximum Gasteiger partial charge on any atom is 0.302 e. The number of nitrogens with two attached hydrogens (primary N) is 1. The second-order valence-corrected chi connectivity index (χ2v) is 19.0. The van der Waals surface area contributed by atoms with Crippen LogP contribution in [0.4, 0.5) is 0 Å². The Kier molecular flexibility index (Phi) is 12.6. The van der Waals surface area contributed by atoms with Crippen molar-refractivity contribution < 1.29 is 29.6 Å². The van der Waals surface area contributed by atoms with Gasteiger partial charge in [0.15, 0.2) is 17.5 Å². The van der Waals surface area contributed by atoms with Gasteiger partial charge in [-0.15, -0.1) is 0 Å². The van der Waals surface area contributed by atoms with E-state index in [4.69, 9.17) is 20.2 Å². The molecule has 8 bridgehead atoms. The molecule has 57 heavy (non-hydrogen) atoms. The Bertz CT molecular complexity index is 1660. The summed E-state index contributed by atoms with van der Waals surface area (Å²) in [6, 6.07) is 3.75. The van der Waals surface area contributed by atoms with Gasteiger partial charge >= 0.3 is 5.97 Å². The van der Waals surface area contributed by atoms with E-state index in [1.54, 1.807) is 6.07 Å². The van der Waals surface area contributed by atoms with Crippen LogP contribution in [0.25, 0.3) is 0 Å². The van der Waals surface area contributed by atoms with Gasteiger partial charge in [0.2, 0.25) is 0 Å². The summed E-state index contributed by atoms with van der Waals surface area (Å²) in [6.45, 7) is 7.80. The molecule has 2 spiro atoms. The third-order valence-electron chi connectivity index (χ3n) is 14.8. The highest BCUT2D eigenvalue weighted by molar-refractivity contribution is 5.78. The number of nitrogens with one attached hydrogen (secondary N) is 2. The van der Waals surface area contributed by atoms with Crippen molar-refractivity contribution in [2.24, 2.45) is 39.8 Å². The number of aromatic hydroxyl groups is 1. The zero-order chi connectivity index (χ0) is 39.6. The molecule has 1 aromatic carbocycles. The number of esters is 1.